The third kappa shape index (κ3) is 2.62. The fourth-order valence-electron chi connectivity index (χ4n) is 4.06. The first-order chi connectivity index (χ1) is 9.58. The second kappa shape index (κ2) is 5.47. The maximum atomic E-state index is 10.9. The molecule has 20 heavy (non-hydrogen) atoms. The first-order valence-corrected chi connectivity index (χ1v) is 7.88. The molecule has 1 aromatic rings. The number of hydrogen-bond acceptors (Lipinski definition) is 3. The molecule has 3 heteroatoms. The molecular formula is C17H26N2O. The van der Waals surface area contributed by atoms with E-state index in [2.05, 4.69) is 24.0 Å². The van der Waals surface area contributed by atoms with Crippen LogP contribution in [0.3, 0.4) is 0 Å². The van der Waals surface area contributed by atoms with Gasteiger partial charge in [-0.05, 0) is 44.6 Å². The Kier molecular flexibility index (Phi) is 3.85. The van der Waals surface area contributed by atoms with Gasteiger partial charge in [-0.15, -0.1) is 0 Å². The second-order valence-electron chi connectivity index (χ2n) is 6.67. The Hall–Kier alpha value is -0.900. The number of likely N-dealkylation sites (tertiary alicyclic amines) is 1. The van der Waals surface area contributed by atoms with E-state index in [1.54, 1.807) is 0 Å². The van der Waals surface area contributed by atoms with Crippen molar-refractivity contribution in [1.29, 1.82) is 0 Å². The molecule has 2 fully saturated rings. The van der Waals surface area contributed by atoms with Crippen molar-refractivity contribution in [2.75, 3.05) is 6.54 Å². The smallest absolute Gasteiger partial charge is 0.0897 e. The standard InChI is InChI=1S/C17H26N2O/c1-13-11-15(18)12-19(13)16-7-9-17(20,10-8-16)14-5-3-2-4-6-14/h2-6,13,15-16,20H,7-12,18H2,1H3/t13-,15+,16?,17?/m0/s1. The zero-order valence-electron chi connectivity index (χ0n) is 12.3. The largest absolute Gasteiger partial charge is 0.385 e. The number of nitrogens with zero attached hydrogens (tertiary/aromatic N) is 1. The summed E-state index contributed by atoms with van der Waals surface area (Å²) in [6, 6.07) is 11.7. The highest BCUT2D eigenvalue weighted by molar-refractivity contribution is 5.23. The van der Waals surface area contributed by atoms with Crippen molar-refractivity contribution in [3.8, 4) is 0 Å². The lowest BCUT2D eigenvalue weighted by atomic mass is 9.77. The van der Waals surface area contributed by atoms with E-state index in [0.29, 0.717) is 18.1 Å². The summed E-state index contributed by atoms with van der Waals surface area (Å²) in [7, 11) is 0. The fraction of sp³-hybridized carbons (Fsp3) is 0.647. The van der Waals surface area contributed by atoms with Crippen molar-refractivity contribution < 1.29 is 5.11 Å². The van der Waals surface area contributed by atoms with Gasteiger partial charge >= 0.3 is 0 Å². The van der Waals surface area contributed by atoms with Crippen LogP contribution in [0.1, 0.15) is 44.6 Å². The summed E-state index contributed by atoms with van der Waals surface area (Å²) >= 11 is 0. The minimum atomic E-state index is -0.622. The molecule has 0 spiro atoms. The van der Waals surface area contributed by atoms with Crippen molar-refractivity contribution >= 4 is 0 Å². The minimum absolute atomic E-state index is 0.333. The van der Waals surface area contributed by atoms with Crippen molar-refractivity contribution in [2.24, 2.45) is 5.73 Å². The predicted octanol–water partition coefficient (Wildman–Crippen LogP) is 2.24. The van der Waals surface area contributed by atoms with Crippen molar-refractivity contribution in [2.45, 2.75) is 62.8 Å². The van der Waals surface area contributed by atoms with E-state index in [-0.39, 0.29) is 0 Å². The number of rotatable bonds is 2. The van der Waals surface area contributed by atoms with E-state index in [1.165, 1.54) is 0 Å². The Morgan fingerprint density at radius 3 is 2.40 bits per heavy atom. The fourth-order valence-corrected chi connectivity index (χ4v) is 4.06. The molecular weight excluding hydrogens is 248 g/mol. The van der Waals surface area contributed by atoms with Gasteiger partial charge in [0, 0.05) is 24.7 Å². The average molecular weight is 274 g/mol. The Bertz CT molecular complexity index is 440. The highest BCUT2D eigenvalue weighted by atomic mass is 16.3. The predicted molar refractivity (Wildman–Crippen MR) is 81.4 cm³/mol. The molecule has 0 aromatic heterocycles. The Morgan fingerprint density at radius 2 is 1.85 bits per heavy atom. The molecule has 1 aliphatic carbocycles. The van der Waals surface area contributed by atoms with Crippen LogP contribution in [0, 0.1) is 0 Å². The van der Waals surface area contributed by atoms with Crippen LogP contribution in [-0.4, -0.2) is 34.7 Å². The second-order valence-corrected chi connectivity index (χ2v) is 6.67. The molecule has 3 N–H and O–H groups in total. The van der Waals surface area contributed by atoms with Crippen LogP contribution in [-0.2, 0) is 5.60 Å². The first-order valence-electron chi connectivity index (χ1n) is 7.88. The van der Waals surface area contributed by atoms with Gasteiger partial charge in [0.25, 0.3) is 0 Å². The Balaban J connectivity index is 1.65. The van der Waals surface area contributed by atoms with E-state index in [0.717, 1.165) is 44.2 Å². The highest BCUT2D eigenvalue weighted by Gasteiger charge is 2.39. The quantitative estimate of drug-likeness (QED) is 0.869. The molecule has 2 aliphatic rings. The van der Waals surface area contributed by atoms with Crippen LogP contribution in [0.25, 0.3) is 0 Å². The van der Waals surface area contributed by atoms with Gasteiger partial charge in [0.1, 0.15) is 0 Å². The van der Waals surface area contributed by atoms with Gasteiger partial charge in [-0.25, -0.2) is 0 Å². The summed E-state index contributed by atoms with van der Waals surface area (Å²) in [5, 5.41) is 10.9. The van der Waals surface area contributed by atoms with Gasteiger partial charge in [-0.1, -0.05) is 30.3 Å². The summed E-state index contributed by atoms with van der Waals surface area (Å²) in [4.78, 5) is 2.56. The SMILES string of the molecule is C[C@H]1C[C@@H](N)CN1C1CCC(O)(c2ccccc2)CC1. The molecule has 110 valence electrons. The number of aliphatic hydroxyl groups is 1. The summed E-state index contributed by atoms with van der Waals surface area (Å²) < 4.78 is 0. The lowest BCUT2D eigenvalue weighted by molar-refractivity contribution is -0.0262. The molecule has 3 nitrogen and oxygen atoms in total. The molecule has 0 unspecified atom stereocenters. The maximum Gasteiger partial charge on any atom is 0.0897 e. The Morgan fingerprint density at radius 1 is 1.20 bits per heavy atom. The number of hydrogen-bond donors (Lipinski definition) is 2. The maximum absolute atomic E-state index is 10.9. The molecule has 1 aromatic carbocycles. The lowest BCUT2D eigenvalue weighted by Crippen LogP contribution is -2.44. The molecule has 0 bridgehead atoms. The molecule has 0 amide bonds. The first kappa shape index (κ1) is 14.1. The molecule has 0 radical (unpaired) electrons. The summed E-state index contributed by atoms with van der Waals surface area (Å²) in [5.41, 5.74) is 6.53. The van der Waals surface area contributed by atoms with Gasteiger partial charge in [0.05, 0.1) is 5.60 Å². The topological polar surface area (TPSA) is 49.5 Å². The molecule has 1 aliphatic heterocycles. The summed E-state index contributed by atoms with van der Waals surface area (Å²) in [5.74, 6) is 0. The lowest BCUT2D eigenvalue weighted by Gasteiger charge is -2.41. The van der Waals surface area contributed by atoms with Crippen LogP contribution < -0.4 is 5.73 Å². The van der Waals surface area contributed by atoms with E-state index in [1.807, 2.05) is 18.2 Å². The van der Waals surface area contributed by atoms with E-state index < -0.39 is 5.60 Å². The Labute approximate surface area is 121 Å². The van der Waals surface area contributed by atoms with Crippen LogP contribution in [0.2, 0.25) is 0 Å². The van der Waals surface area contributed by atoms with Crippen molar-refractivity contribution in [3.63, 3.8) is 0 Å². The normalized spacial score (nSPS) is 39.0. The zero-order chi connectivity index (χ0) is 14.2. The summed E-state index contributed by atoms with van der Waals surface area (Å²) in [6.07, 6.45) is 4.98. The van der Waals surface area contributed by atoms with Crippen LogP contribution in [0.4, 0.5) is 0 Å². The average Bonchev–Trinajstić information content (AvgIpc) is 2.80. The molecule has 1 heterocycles. The van der Waals surface area contributed by atoms with Gasteiger partial charge in [0.2, 0.25) is 0 Å². The van der Waals surface area contributed by atoms with E-state index in [9.17, 15) is 5.11 Å². The molecule has 3 rings (SSSR count). The number of benzene rings is 1. The summed E-state index contributed by atoms with van der Waals surface area (Å²) in [6.45, 7) is 3.31. The molecule has 1 saturated carbocycles. The minimum Gasteiger partial charge on any atom is -0.385 e. The van der Waals surface area contributed by atoms with Gasteiger partial charge in [-0.3, -0.25) is 4.90 Å². The van der Waals surface area contributed by atoms with Crippen molar-refractivity contribution in [3.05, 3.63) is 35.9 Å². The molecule has 2 atom stereocenters. The van der Waals surface area contributed by atoms with E-state index in [4.69, 9.17) is 5.73 Å². The third-order valence-electron chi connectivity index (χ3n) is 5.22. The van der Waals surface area contributed by atoms with Gasteiger partial charge in [0.15, 0.2) is 0 Å². The zero-order valence-corrected chi connectivity index (χ0v) is 12.3. The third-order valence-corrected chi connectivity index (χ3v) is 5.22. The molecule has 1 saturated heterocycles. The van der Waals surface area contributed by atoms with Crippen molar-refractivity contribution in [1.82, 2.24) is 4.90 Å². The van der Waals surface area contributed by atoms with Crippen LogP contribution in [0.15, 0.2) is 30.3 Å². The highest BCUT2D eigenvalue weighted by Crippen LogP contribution is 2.39. The van der Waals surface area contributed by atoms with Gasteiger partial charge < -0.3 is 10.8 Å². The van der Waals surface area contributed by atoms with Gasteiger partial charge in [-0.2, -0.15) is 0 Å². The van der Waals surface area contributed by atoms with Crippen LogP contribution in [0.5, 0.6) is 0 Å². The van der Waals surface area contributed by atoms with Crippen LogP contribution >= 0.6 is 0 Å². The van der Waals surface area contributed by atoms with E-state index >= 15 is 0 Å². The number of nitrogens with two attached hydrogens (primary N) is 1. The monoisotopic (exact) mass is 274 g/mol.